The zero-order valence-electron chi connectivity index (χ0n) is 10.7. The lowest BCUT2D eigenvalue weighted by Crippen LogP contribution is -2.38. The first kappa shape index (κ1) is 12.6. The van der Waals surface area contributed by atoms with Gasteiger partial charge in [0.25, 0.3) is 5.91 Å². The molecule has 0 unspecified atom stereocenters. The minimum absolute atomic E-state index is 0.00791. The zero-order chi connectivity index (χ0) is 13.2. The van der Waals surface area contributed by atoms with E-state index in [1.165, 1.54) is 17.8 Å². The number of carbonyl (C=O) groups is 1. The van der Waals surface area contributed by atoms with E-state index in [4.69, 9.17) is 0 Å². The number of thiophene rings is 1. The van der Waals surface area contributed by atoms with Gasteiger partial charge in [0.05, 0.1) is 10.9 Å². The lowest BCUT2D eigenvalue weighted by atomic mass is 9.95. The molecule has 3 rings (SSSR count). The Bertz CT molecular complexity index is 554. The van der Waals surface area contributed by atoms with Gasteiger partial charge < -0.3 is 0 Å². The summed E-state index contributed by atoms with van der Waals surface area (Å²) in [5, 5.41) is 12.1. The number of hydroxylamine groups is 2. The van der Waals surface area contributed by atoms with Crippen LogP contribution >= 0.6 is 11.3 Å². The van der Waals surface area contributed by atoms with Crippen LogP contribution in [0.4, 0.5) is 0 Å². The van der Waals surface area contributed by atoms with Gasteiger partial charge in [0.1, 0.15) is 0 Å². The third kappa shape index (κ3) is 2.51. The van der Waals surface area contributed by atoms with E-state index in [1.54, 1.807) is 0 Å². The summed E-state index contributed by atoms with van der Waals surface area (Å²) in [5.74, 6) is -0.256. The fourth-order valence-electron chi connectivity index (χ4n) is 2.69. The van der Waals surface area contributed by atoms with Crippen LogP contribution in [0.1, 0.15) is 41.8 Å². The smallest absolute Gasteiger partial charge is 0.285 e. The van der Waals surface area contributed by atoms with Gasteiger partial charge >= 0.3 is 0 Å². The molecule has 1 amide bonds. The second-order valence-electron chi connectivity index (χ2n) is 5.09. The van der Waals surface area contributed by atoms with E-state index in [9.17, 15) is 10.0 Å². The molecule has 100 valence electrons. The topological polar surface area (TPSA) is 40.5 Å². The molecular formula is C15H17NO2S. The molecule has 1 N–H and O–H groups in total. The Morgan fingerprint density at radius 3 is 2.68 bits per heavy atom. The van der Waals surface area contributed by atoms with Gasteiger partial charge in [0.2, 0.25) is 0 Å². The summed E-state index contributed by atoms with van der Waals surface area (Å²) in [6.45, 7) is 0. The summed E-state index contributed by atoms with van der Waals surface area (Å²) in [7, 11) is 0. The maximum Gasteiger partial charge on any atom is 0.287 e. The summed E-state index contributed by atoms with van der Waals surface area (Å²) in [6, 6.07) is 9.77. The normalized spacial score (nSPS) is 16.7. The molecule has 1 aromatic carbocycles. The van der Waals surface area contributed by atoms with Crippen LogP contribution in [0, 0.1) is 0 Å². The molecule has 1 heterocycles. The van der Waals surface area contributed by atoms with Crippen molar-refractivity contribution in [3.05, 3.63) is 35.2 Å². The lowest BCUT2D eigenvalue weighted by molar-refractivity contribution is -0.0960. The second-order valence-corrected chi connectivity index (χ2v) is 6.17. The van der Waals surface area contributed by atoms with Gasteiger partial charge in [0, 0.05) is 4.70 Å². The maximum absolute atomic E-state index is 12.3. The number of nitrogens with zero attached hydrogens (tertiary/aromatic N) is 1. The van der Waals surface area contributed by atoms with Crippen LogP contribution in [0.15, 0.2) is 30.3 Å². The summed E-state index contributed by atoms with van der Waals surface area (Å²) >= 11 is 1.45. The van der Waals surface area contributed by atoms with Crippen LogP contribution < -0.4 is 0 Å². The number of fused-ring (bicyclic) bond motifs is 1. The molecule has 1 aliphatic rings. The molecule has 1 aromatic heterocycles. The summed E-state index contributed by atoms with van der Waals surface area (Å²) in [5.41, 5.74) is 0. The molecule has 4 heteroatoms. The van der Waals surface area contributed by atoms with Gasteiger partial charge in [-0.2, -0.15) is 0 Å². The van der Waals surface area contributed by atoms with Crippen LogP contribution in [0.2, 0.25) is 0 Å². The molecule has 1 aliphatic carbocycles. The van der Waals surface area contributed by atoms with E-state index in [0.717, 1.165) is 40.8 Å². The molecule has 0 spiro atoms. The highest BCUT2D eigenvalue weighted by Crippen LogP contribution is 2.28. The van der Waals surface area contributed by atoms with Crippen LogP contribution in [0.5, 0.6) is 0 Å². The Morgan fingerprint density at radius 1 is 1.21 bits per heavy atom. The Labute approximate surface area is 116 Å². The van der Waals surface area contributed by atoms with Crippen molar-refractivity contribution in [3.63, 3.8) is 0 Å². The molecule has 19 heavy (non-hydrogen) atoms. The largest absolute Gasteiger partial charge is 0.287 e. The van der Waals surface area contributed by atoms with Gasteiger partial charge in [-0.05, 0) is 30.4 Å². The molecule has 0 atom stereocenters. The van der Waals surface area contributed by atoms with Gasteiger partial charge in [-0.3, -0.25) is 10.0 Å². The average Bonchev–Trinajstić information content (AvgIpc) is 2.90. The lowest BCUT2D eigenvalue weighted by Gasteiger charge is -2.28. The van der Waals surface area contributed by atoms with E-state index >= 15 is 0 Å². The van der Waals surface area contributed by atoms with E-state index in [1.807, 2.05) is 30.3 Å². The van der Waals surface area contributed by atoms with Crippen molar-refractivity contribution in [2.24, 2.45) is 0 Å². The van der Waals surface area contributed by atoms with Crippen molar-refractivity contribution in [1.29, 1.82) is 0 Å². The first-order valence-electron chi connectivity index (χ1n) is 6.77. The number of rotatable bonds is 2. The van der Waals surface area contributed by atoms with Crippen molar-refractivity contribution in [2.45, 2.75) is 38.1 Å². The maximum atomic E-state index is 12.3. The highest BCUT2D eigenvalue weighted by Gasteiger charge is 2.26. The van der Waals surface area contributed by atoms with Crippen molar-refractivity contribution in [3.8, 4) is 0 Å². The predicted octanol–water partition coefficient (Wildman–Crippen LogP) is 4.07. The number of hydrogen-bond donors (Lipinski definition) is 1. The van der Waals surface area contributed by atoms with Crippen molar-refractivity contribution in [1.82, 2.24) is 5.06 Å². The molecule has 0 bridgehead atoms. The van der Waals surface area contributed by atoms with E-state index in [-0.39, 0.29) is 11.9 Å². The zero-order valence-corrected chi connectivity index (χ0v) is 11.5. The van der Waals surface area contributed by atoms with Crippen molar-refractivity contribution < 1.29 is 10.0 Å². The molecule has 1 fully saturated rings. The minimum atomic E-state index is -0.256. The van der Waals surface area contributed by atoms with Crippen LogP contribution in [0.25, 0.3) is 10.1 Å². The van der Waals surface area contributed by atoms with Crippen LogP contribution in [-0.4, -0.2) is 22.2 Å². The van der Waals surface area contributed by atoms with Crippen LogP contribution in [0.3, 0.4) is 0 Å². The summed E-state index contributed by atoms with van der Waals surface area (Å²) < 4.78 is 1.09. The molecule has 1 saturated carbocycles. The molecule has 3 nitrogen and oxygen atoms in total. The fourth-order valence-corrected chi connectivity index (χ4v) is 3.69. The SMILES string of the molecule is O=C(c1cc2ccccc2s1)N(O)C1CCCCC1. The molecule has 0 radical (unpaired) electrons. The first-order valence-corrected chi connectivity index (χ1v) is 7.58. The fraction of sp³-hybridized carbons (Fsp3) is 0.400. The summed E-state index contributed by atoms with van der Waals surface area (Å²) in [6.07, 6.45) is 5.23. The third-order valence-electron chi connectivity index (χ3n) is 3.76. The van der Waals surface area contributed by atoms with E-state index < -0.39 is 0 Å². The van der Waals surface area contributed by atoms with Crippen molar-refractivity contribution >= 4 is 27.3 Å². The van der Waals surface area contributed by atoms with Crippen LogP contribution in [-0.2, 0) is 0 Å². The van der Waals surface area contributed by atoms with E-state index in [0.29, 0.717) is 4.88 Å². The Hall–Kier alpha value is -1.39. The molecule has 2 aromatic rings. The Balaban J connectivity index is 1.82. The number of hydrogen-bond acceptors (Lipinski definition) is 3. The Kier molecular flexibility index (Phi) is 3.53. The van der Waals surface area contributed by atoms with Crippen molar-refractivity contribution in [2.75, 3.05) is 0 Å². The highest BCUT2D eigenvalue weighted by molar-refractivity contribution is 7.20. The minimum Gasteiger partial charge on any atom is -0.285 e. The standard InChI is InChI=1S/C15H17NO2S/c17-15(16(18)12-7-2-1-3-8-12)14-10-11-6-4-5-9-13(11)19-14/h4-6,9-10,12,18H,1-3,7-8H2. The number of benzene rings is 1. The van der Waals surface area contributed by atoms with Gasteiger partial charge in [-0.15, -0.1) is 11.3 Å². The average molecular weight is 275 g/mol. The molecular weight excluding hydrogens is 258 g/mol. The second kappa shape index (κ2) is 5.31. The molecule has 0 saturated heterocycles. The monoisotopic (exact) mass is 275 g/mol. The Morgan fingerprint density at radius 2 is 1.95 bits per heavy atom. The highest BCUT2D eigenvalue weighted by atomic mass is 32.1. The molecule has 0 aliphatic heterocycles. The quantitative estimate of drug-likeness (QED) is 0.663. The first-order chi connectivity index (χ1) is 9.25. The third-order valence-corrected chi connectivity index (χ3v) is 4.87. The van der Waals surface area contributed by atoms with Gasteiger partial charge in [0.15, 0.2) is 0 Å². The van der Waals surface area contributed by atoms with Gasteiger partial charge in [-0.1, -0.05) is 37.5 Å². The number of carbonyl (C=O) groups excluding carboxylic acids is 1. The van der Waals surface area contributed by atoms with E-state index in [2.05, 4.69) is 0 Å². The summed E-state index contributed by atoms with van der Waals surface area (Å²) in [4.78, 5) is 12.9. The number of amides is 1. The predicted molar refractivity (Wildman–Crippen MR) is 76.7 cm³/mol. The van der Waals surface area contributed by atoms with Gasteiger partial charge in [-0.25, -0.2) is 5.06 Å².